The maximum atomic E-state index is 6.07. The van der Waals surface area contributed by atoms with Crippen LogP contribution in [0.5, 0.6) is 0 Å². The number of hydrogen-bond acceptors (Lipinski definition) is 3. The lowest BCUT2D eigenvalue weighted by molar-refractivity contribution is -0.120. The van der Waals surface area contributed by atoms with Crippen LogP contribution in [-0.4, -0.2) is 43.3 Å². The number of ether oxygens (including phenoxy) is 1. The van der Waals surface area contributed by atoms with Crippen molar-refractivity contribution < 1.29 is 4.74 Å². The fourth-order valence-corrected chi connectivity index (χ4v) is 3.10. The van der Waals surface area contributed by atoms with Gasteiger partial charge in [-0.3, -0.25) is 4.90 Å². The smallest absolute Gasteiger partial charge is 0.0933 e. The van der Waals surface area contributed by atoms with Gasteiger partial charge in [-0.05, 0) is 24.9 Å². The molecule has 2 aliphatic rings. The summed E-state index contributed by atoms with van der Waals surface area (Å²) in [6.45, 7) is 6.19. The molecule has 2 fully saturated rings. The van der Waals surface area contributed by atoms with E-state index in [0.29, 0.717) is 0 Å². The highest BCUT2D eigenvalue weighted by atomic mass is 16.5. The number of morpholine rings is 1. The van der Waals surface area contributed by atoms with Crippen molar-refractivity contribution in [1.29, 1.82) is 0 Å². The quantitative estimate of drug-likeness (QED) is 0.858. The highest BCUT2D eigenvalue weighted by Crippen LogP contribution is 2.26. The van der Waals surface area contributed by atoms with Gasteiger partial charge >= 0.3 is 0 Å². The molecule has 0 amide bonds. The van der Waals surface area contributed by atoms with Crippen LogP contribution >= 0.6 is 0 Å². The van der Waals surface area contributed by atoms with Gasteiger partial charge in [0.1, 0.15) is 0 Å². The van der Waals surface area contributed by atoms with Gasteiger partial charge in [-0.2, -0.15) is 0 Å². The Morgan fingerprint density at radius 3 is 2.94 bits per heavy atom. The van der Waals surface area contributed by atoms with Crippen molar-refractivity contribution in [1.82, 2.24) is 10.2 Å². The number of rotatable bonds is 2. The number of piperidine rings is 1. The van der Waals surface area contributed by atoms with Crippen LogP contribution in [0.1, 0.15) is 18.4 Å². The van der Waals surface area contributed by atoms with Crippen LogP contribution in [0.3, 0.4) is 0 Å². The van der Waals surface area contributed by atoms with E-state index in [1.54, 1.807) is 0 Å². The van der Waals surface area contributed by atoms with Crippen LogP contribution < -0.4 is 5.32 Å². The highest BCUT2D eigenvalue weighted by Gasteiger charge is 2.37. The lowest BCUT2D eigenvalue weighted by atomic mass is 9.92. The highest BCUT2D eigenvalue weighted by molar-refractivity contribution is 5.14. The first kappa shape index (κ1) is 12.2. The molecule has 2 heterocycles. The Kier molecular flexibility index (Phi) is 3.64. The van der Waals surface area contributed by atoms with Crippen LogP contribution in [0.2, 0.25) is 0 Å². The first-order valence-corrected chi connectivity index (χ1v) is 6.97. The molecule has 1 unspecified atom stereocenters. The molecule has 0 bridgehead atoms. The molecule has 2 saturated heterocycles. The molecule has 1 atom stereocenters. The van der Waals surface area contributed by atoms with Crippen LogP contribution in [0, 0.1) is 0 Å². The van der Waals surface area contributed by atoms with E-state index in [0.717, 1.165) is 39.3 Å². The molecule has 0 radical (unpaired) electrons. The topological polar surface area (TPSA) is 24.5 Å². The lowest BCUT2D eigenvalue weighted by Crippen LogP contribution is -2.58. The Bertz CT molecular complexity index is 368. The first-order valence-electron chi connectivity index (χ1n) is 6.97. The lowest BCUT2D eigenvalue weighted by Gasteiger charge is -2.45. The Hall–Kier alpha value is -0.900. The predicted octanol–water partition coefficient (Wildman–Crippen LogP) is 1.64. The number of hydrogen-bond donors (Lipinski definition) is 1. The Morgan fingerprint density at radius 1 is 1.28 bits per heavy atom. The predicted molar refractivity (Wildman–Crippen MR) is 72.5 cm³/mol. The average molecular weight is 246 g/mol. The largest absolute Gasteiger partial charge is 0.371 e. The van der Waals surface area contributed by atoms with Gasteiger partial charge in [0.2, 0.25) is 0 Å². The van der Waals surface area contributed by atoms with Crippen molar-refractivity contribution in [3.05, 3.63) is 35.9 Å². The van der Waals surface area contributed by atoms with Crippen molar-refractivity contribution in [3.63, 3.8) is 0 Å². The minimum absolute atomic E-state index is 0.0747. The molecular weight excluding hydrogens is 224 g/mol. The normalized spacial score (nSPS) is 29.6. The van der Waals surface area contributed by atoms with E-state index >= 15 is 0 Å². The van der Waals surface area contributed by atoms with Crippen molar-refractivity contribution in [2.45, 2.75) is 25.0 Å². The number of nitrogens with zero attached hydrogens (tertiary/aromatic N) is 1. The SMILES string of the molecule is c1ccc(CN2CCOC3(CCCNC3)C2)cc1. The van der Waals surface area contributed by atoms with E-state index in [1.807, 2.05) is 0 Å². The van der Waals surface area contributed by atoms with Crippen molar-refractivity contribution in [3.8, 4) is 0 Å². The molecule has 3 rings (SSSR count). The van der Waals surface area contributed by atoms with E-state index in [-0.39, 0.29) is 5.60 Å². The van der Waals surface area contributed by atoms with Gasteiger partial charge < -0.3 is 10.1 Å². The third-order valence-electron chi connectivity index (χ3n) is 4.01. The zero-order chi connectivity index (χ0) is 12.3. The van der Waals surface area contributed by atoms with Gasteiger partial charge in [0, 0.05) is 26.2 Å². The first-order chi connectivity index (χ1) is 8.86. The number of nitrogens with one attached hydrogen (secondary N) is 1. The molecule has 0 aliphatic carbocycles. The average Bonchev–Trinajstić information content (AvgIpc) is 2.41. The summed E-state index contributed by atoms with van der Waals surface area (Å²) >= 11 is 0. The van der Waals surface area contributed by atoms with Gasteiger partial charge in [0.15, 0.2) is 0 Å². The number of benzene rings is 1. The molecule has 18 heavy (non-hydrogen) atoms. The van der Waals surface area contributed by atoms with Crippen molar-refractivity contribution in [2.24, 2.45) is 0 Å². The van der Waals surface area contributed by atoms with Gasteiger partial charge in [0.25, 0.3) is 0 Å². The van der Waals surface area contributed by atoms with Crippen LogP contribution in [0.25, 0.3) is 0 Å². The monoisotopic (exact) mass is 246 g/mol. The molecule has 3 heteroatoms. The third kappa shape index (κ3) is 2.74. The van der Waals surface area contributed by atoms with E-state index in [4.69, 9.17) is 4.74 Å². The second-order valence-electron chi connectivity index (χ2n) is 5.51. The molecule has 98 valence electrons. The standard InChI is InChI=1S/C15H22N2O/c1-2-5-14(6-3-1)11-17-9-10-18-15(13-17)7-4-8-16-12-15/h1-3,5-6,16H,4,7-13H2. The second kappa shape index (κ2) is 5.39. The van der Waals surface area contributed by atoms with Gasteiger partial charge in [-0.25, -0.2) is 0 Å². The van der Waals surface area contributed by atoms with E-state index < -0.39 is 0 Å². The van der Waals surface area contributed by atoms with Gasteiger partial charge in [0.05, 0.1) is 12.2 Å². The van der Waals surface area contributed by atoms with Gasteiger partial charge in [-0.1, -0.05) is 30.3 Å². The summed E-state index contributed by atoms with van der Waals surface area (Å²) in [5.74, 6) is 0. The van der Waals surface area contributed by atoms with Crippen molar-refractivity contribution in [2.75, 3.05) is 32.8 Å². The maximum Gasteiger partial charge on any atom is 0.0933 e. The summed E-state index contributed by atoms with van der Waals surface area (Å²) in [6.07, 6.45) is 2.43. The Labute approximate surface area is 109 Å². The molecule has 1 aromatic rings. The minimum Gasteiger partial charge on any atom is -0.371 e. The summed E-state index contributed by atoms with van der Waals surface area (Å²) in [7, 11) is 0. The molecule has 1 spiro atoms. The molecular formula is C15H22N2O. The van der Waals surface area contributed by atoms with Crippen molar-refractivity contribution >= 4 is 0 Å². The maximum absolute atomic E-state index is 6.07. The van der Waals surface area contributed by atoms with E-state index in [9.17, 15) is 0 Å². The summed E-state index contributed by atoms with van der Waals surface area (Å²) in [5, 5.41) is 3.48. The van der Waals surface area contributed by atoms with E-state index in [1.165, 1.54) is 18.4 Å². The molecule has 2 aliphatic heterocycles. The second-order valence-corrected chi connectivity index (χ2v) is 5.51. The fraction of sp³-hybridized carbons (Fsp3) is 0.600. The zero-order valence-electron chi connectivity index (χ0n) is 10.9. The van der Waals surface area contributed by atoms with Gasteiger partial charge in [-0.15, -0.1) is 0 Å². The van der Waals surface area contributed by atoms with E-state index in [2.05, 4.69) is 40.5 Å². The summed E-state index contributed by atoms with van der Waals surface area (Å²) in [6, 6.07) is 10.7. The fourth-order valence-electron chi connectivity index (χ4n) is 3.10. The summed E-state index contributed by atoms with van der Waals surface area (Å²) < 4.78 is 6.07. The molecule has 1 aromatic carbocycles. The Balaban J connectivity index is 1.63. The molecule has 0 saturated carbocycles. The molecule has 1 N–H and O–H groups in total. The van der Waals surface area contributed by atoms with Crippen LogP contribution in [-0.2, 0) is 11.3 Å². The molecule has 3 nitrogen and oxygen atoms in total. The third-order valence-corrected chi connectivity index (χ3v) is 4.01. The zero-order valence-corrected chi connectivity index (χ0v) is 10.9. The minimum atomic E-state index is 0.0747. The molecule has 0 aromatic heterocycles. The van der Waals surface area contributed by atoms with Crippen LogP contribution in [0.4, 0.5) is 0 Å². The van der Waals surface area contributed by atoms with Crippen LogP contribution in [0.15, 0.2) is 30.3 Å². The summed E-state index contributed by atoms with van der Waals surface area (Å²) in [4.78, 5) is 2.53. The summed E-state index contributed by atoms with van der Waals surface area (Å²) in [5.41, 5.74) is 1.48. The Morgan fingerprint density at radius 2 is 2.17 bits per heavy atom.